The second kappa shape index (κ2) is 5.81. The molecule has 0 spiro atoms. The Hall–Kier alpha value is -2.95. The summed E-state index contributed by atoms with van der Waals surface area (Å²) in [5.74, 6) is 1.07. The summed E-state index contributed by atoms with van der Waals surface area (Å²) in [6.45, 7) is 3.59. The zero-order valence-electron chi connectivity index (χ0n) is 12.3. The van der Waals surface area contributed by atoms with Crippen molar-refractivity contribution in [2.45, 2.75) is 13.8 Å². The molecule has 0 atom stereocenters. The van der Waals surface area contributed by atoms with Crippen LogP contribution in [0.15, 0.2) is 52.9 Å². The number of pyridine rings is 1. The number of hydrogen-bond acceptors (Lipinski definition) is 4. The fraction of sp³-hybridized carbons (Fsp3) is 0.118. The lowest BCUT2D eigenvalue weighted by Crippen LogP contribution is -2.14. The number of amides is 1. The second-order valence-electron chi connectivity index (χ2n) is 4.91. The van der Waals surface area contributed by atoms with E-state index in [4.69, 9.17) is 4.42 Å². The lowest BCUT2D eigenvalue weighted by molar-refractivity contribution is 0.102. The van der Waals surface area contributed by atoms with Gasteiger partial charge in [-0.1, -0.05) is 24.3 Å². The van der Waals surface area contributed by atoms with Gasteiger partial charge in [-0.25, -0.2) is 9.97 Å². The molecule has 1 amide bonds. The highest BCUT2D eigenvalue weighted by atomic mass is 16.4. The van der Waals surface area contributed by atoms with Crippen molar-refractivity contribution in [3.63, 3.8) is 0 Å². The van der Waals surface area contributed by atoms with E-state index in [1.807, 2.05) is 49.4 Å². The summed E-state index contributed by atoms with van der Waals surface area (Å²) in [4.78, 5) is 20.9. The Bertz CT molecular complexity index is 810. The second-order valence-corrected chi connectivity index (χ2v) is 4.91. The minimum atomic E-state index is -0.332. The number of carbonyl (C=O) groups excluding carboxylic acids is 1. The maximum atomic E-state index is 12.3. The van der Waals surface area contributed by atoms with E-state index in [0.717, 1.165) is 11.3 Å². The van der Waals surface area contributed by atoms with Gasteiger partial charge in [0.2, 0.25) is 5.89 Å². The molecule has 110 valence electrons. The number of aryl methyl sites for hydroxylation is 2. The molecule has 2 heterocycles. The first-order valence-electron chi connectivity index (χ1n) is 6.91. The molecule has 5 nitrogen and oxygen atoms in total. The Morgan fingerprint density at radius 2 is 1.77 bits per heavy atom. The summed E-state index contributed by atoms with van der Waals surface area (Å²) < 4.78 is 5.59. The molecule has 3 rings (SSSR count). The van der Waals surface area contributed by atoms with E-state index in [1.54, 1.807) is 13.0 Å². The summed E-state index contributed by atoms with van der Waals surface area (Å²) in [6, 6.07) is 14.9. The summed E-state index contributed by atoms with van der Waals surface area (Å²) in [5, 5.41) is 2.73. The van der Waals surface area contributed by atoms with Gasteiger partial charge >= 0.3 is 0 Å². The van der Waals surface area contributed by atoms with Gasteiger partial charge in [-0.15, -0.1) is 0 Å². The summed E-state index contributed by atoms with van der Waals surface area (Å²) in [5.41, 5.74) is 1.93. The molecular weight excluding hydrogens is 278 g/mol. The first kappa shape index (κ1) is 14.0. The van der Waals surface area contributed by atoms with Gasteiger partial charge in [-0.3, -0.25) is 4.79 Å². The minimum absolute atomic E-state index is 0.266. The Balaban J connectivity index is 1.86. The van der Waals surface area contributed by atoms with Crippen LogP contribution in [0.3, 0.4) is 0 Å². The number of carbonyl (C=O) groups is 1. The van der Waals surface area contributed by atoms with Crippen LogP contribution < -0.4 is 5.32 Å². The van der Waals surface area contributed by atoms with Crippen molar-refractivity contribution < 1.29 is 9.21 Å². The van der Waals surface area contributed by atoms with Gasteiger partial charge < -0.3 is 9.73 Å². The molecule has 0 fully saturated rings. The number of aromatic nitrogens is 2. The highest BCUT2D eigenvalue weighted by Crippen LogP contribution is 2.21. The maximum absolute atomic E-state index is 12.3. The van der Waals surface area contributed by atoms with Crippen LogP contribution in [0.2, 0.25) is 0 Å². The highest BCUT2D eigenvalue weighted by molar-refractivity contribution is 6.03. The third-order valence-corrected chi connectivity index (χ3v) is 3.16. The number of rotatable bonds is 3. The van der Waals surface area contributed by atoms with E-state index in [9.17, 15) is 4.79 Å². The SMILES string of the molecule is Cc1cccc(NC(=O)c2nc(-c3ccccc3)oc2C)n1. The van der Waals surface area contributed by atoms with Gasteiger partial charge in [-0.05, 0) is 38.1 Å². The van der Waals surface area contributed by atoms with E-state index in [-0.39, 0.29) is 11.6 Å². The Kier molecular flexibility index (Phi) is 3.70. The van der Waals surface area contributed by atoms with Crippen LogP contribution in [-0.2, 0) is 0 Å². The van der Waals surface area contributed by atoms with Crippen LogP contribution >= 0.6 is 0 Å². The van der Waals surface area contributed by atoms with Crippen LogP contribution in [0.1, 0.15) is 21.9 Å². The van der Waals surface area contributed by atoms with Crippen molar-refractivity contribution in [2.75, 3.05) is 5.32 Å². The molecule has 0 aliphatic carbocycles. The molecule has 0 radical (unpaired) electrons. The number of nitrogens with zero attached hydrogens (tertiary/aromatic N) is 2. The minimum Gasteiger partial charge on any atom is -0.441 e. The van der Waals surface area contributed by atoms with Crippen molar-refractivity contribution in [2.24, 2.45) is 0 Å². The number of anilines is 1. The third kappa shape index (κ3) is 2.88. The Morgan fingerprint density at radius 3 is 2.50 bits per heavy atom. The highest BCUT2D eigenvalue weighted by Gasteiger charge is 2.18. The van der Waals surface area contributed by atoms with Crippen LogP contribution in [0.5, 0.6) is 0 Å². The van der Waals surface area contributed by atoms with Crippen molar-refractivity contribution in [1.29, 1.82) is 0 Å². The van der Waals surface area contributed by atoms with Crippen LogP contribution in [0.25, 0.3) is 11.5 Å². The maximum Gasteiger partial charge on any atom is 0.279 e. The molecule has 0 bridgehead atoms. The Labute approximate surface area is 128 Å². The number of benzene rings is 1. The zero-order valence-corrected chi connectivity index (χ0v) is 12.3. The molecule has 0 saturated heterocycles. The molecule has 5 heteroatoms. The summed E-state index contributed by atoms with van der Waals surface area (Å²) in [7, 11) is 0. The lowest BCUT2D eigenvalue weighted by Gasteiger charge is -2.02. The molecule has 3 aromatic rings. The van der Waals surface area contributed by atoms with E-state index in [1.165, 1.54) is 0 Å². The first-order chi connectivity index (χ1) is 10.6. The van der Waals surface area contributed by atoms with E-state index >= 15 is 0 Å². The van der Waals surface area contributed by atoms with Crippen molar-refractivity contribution in [3.8, 4) is 11.5 Å². The summed E-state index contributed by atoms with van der Waals surface area (Å²) in [6.07, 6.45) is 0. The summed E-state index contributed by atoms with van der Waals surface area (Å²) >= 11 is 0. The van der Waals surface area contributed by atoms with Crippen LogP contribution in [-0.4, -0.2) is 15.9 Å². The van der Waals surface area contributed by atoms with Crippen molar-refractivity contribution in [1.82, 2.24) is 9.97 Å². The van der Waals surface area contributed by atoms with Crippen LogP contribution in [0.4, 0.5) is 5.82 Å². The van der Waals surface area contributed by atoms with E-state index in [2.05, 4.69) is 15.3 Å². The van der Waals surface area contributed by atoms with E-state index < -0.39 is 0 Å². The first-order valence-corrected chi connectivity index (χ1v) is 6.91. The number of nitrogens with one attached hydrogen (secondary N) is 1. The van der Waals surface area contributed by atoms with Gasteiger partial charge in [0.15, 0.2) is 5.69 Å². The Morgan fingerprint density at radius 1 is 1.00 bits per heavy atom. The fourth-order valence-electron chi connectivity index (χ4n) is 2.10. The topological polar surface area (TPSA) is 68.0 Å². The van der Waals surface area contributed by atoms with Gasteiger partial charge in [0.05, 0.1) is 0 Å². The van der Waals surface area contributed by atoms with E-state index in [0.29, 0.717) is 17.5 Å². The van der Waals surface area contributed by atoms with Crippen molar-refractivity contribution in [3.05, 3.63) is 65.7 Å². The molecule has 0 unspecified atom stereocenters. The standard InChI is InChI=1S/C17H15N3O2/c1-11-7-6-10-14(18-11)19-16(21)15-12(2)22-17(20-15)13-8-4-3-5-9-13/h3-10H,1-2H3,(H,18,19,21). The largest absolute Gasteiger partial charge is 0.441 e. The van der Waals surface area contributed by atoms with Gasteiger partial charge in [-0.2, -0.15) is 0 Å². The fourth-order valence-corrected chi connectivity index (χ4v) is 2.10. The van der Waals surface area contributed by atoms with Crippen molar-refractivity contribution >= 4 is 11.7 Å². The monoisotopic (exact) mass is 293 g/mol. The smallest absolute Gasteiger partial charge is 0.279 e. The third-order valence-electron chi connectivity index (χ3n) is 3.16. The van der Waals surface area contributed by atoms with Crippen LogP contribution in [0, 0.1) is 13.8 Å². The quantitative estimate of drug-likeness (QED) is 0.801. The molecule has 1 N–H and O–H groups in total. The zero-order chi connectivity index (χ0) is 15.5. The lowest BCUT2D eigenvalue weighted by atomic mass is 10.2. The molecule has 0 aliphatic rings. The predicted molar refractivity (Wildman–Crippen MR) is 83.6 cm³/mol. The average molecular weight is 293 g/mol. The predicted octanol–water partition coefficient (Wildman–Crippen LogP) is 3.61. The molecule has 22 heavy (non-hydrogen) atoms. The van der Waals surface area contributed by atoms with Gasteiger partial charge in [0.25, 0.3) is 5.91 Å². The number of hydrogen-bond donors (Lipinski definition) is 1. The average Bonchev–Trinajstić information content (AvgIpc) is 2.90. The molecule has 2 aromatic heterocycles. The molecule has 0 saturated carbocycles. The molecule has 1 aromatic carbocycles. The molecule has 0 aliphatic heterocycles. The normalized spacial score (nSPS) is 10.5. The number of oxazole rings is 1. The molecular formula is C17H15N3O2. The van der Waals surface area contributed by atoms with Gasteiger partial charge in [0, 0.05) is 11.3 Å². The van der Waals surface area contributed by atoms with Gasteiger partial charge in [0.1, 0.15) is 11.6 Å².